The van der Waals surface area contributed by atoms with Gasteiger partial charge in [0.2, 0.25) is 0 Å². The van der Waals surface area contributed by atoms with Crippen LogP contribution in [0.2, 0.25) is 5.02 Å². The molecule has 0 aliphatic carbocycles. The number of halogens is 1. The van der Waals surface area contributed by atoms with E-state index in [1.165, 1.54) is 0 Å². The van der Waals surface area contributed by atoms with Crippen LogP contribution < -0.4 is 0 Å². The van der Waals surface area contributed by atoms with E-state index < -0.39 is 10.8 Å². The van der Waals surface area contributed by atoms with Crippen molar-refractivity contribution in [2.24, 2.45) is 4.99 Å². The summed E-state index contributed by atoms with van der Waals surface area (Å²) < 4.78 is 11.8. The minimum Gasteiger partial charge on any atom is -0.258 e. The van der Waals surface area contributed by atoms with E-state index in [4.69, 9.17) is 11.6 Å². The second kappa shape index (κ2) is 5.81. The van der Waals surface area contributed by atoms with E-state index in [1.807, 2.05) is 26.0 Å². The lowest BCUT2D eigenvalue weighted by molar-refractivity contribution is 0.684. The lowest BCUT2D eigenvalue weighted by Crippen LogP contribution is -2.00. The van der Waals surface area contributed by atoms with Gasteiger partial charge in [-0.15, -0.1) is 0 Å². The minimum absolute atomic E-state index is 0.614. The highest BCUT2D eigenvalue weighted by molar-refractivity contribution is 7.85. The molecule has 0 aromatic heterocycles. The molecule has 0 saturated heterocycles. The van der Waals surface area contributed by atoms with E-state index in [-0.39, 0.29) is 0 Å². The highest BCUT2D eigenvalue weighted by Crippen LogP contribution is 2.29. The van der Waals surface area contributed by atoms with Gasteiger partial charge in [-0.2, -0.15) is 0 Å². The zero-order valence-electron chi connectivity index (χ0n) is 10.6. The zero-order valence-corrected chi connectivity index (χ0v) is 12.1. The monoisotopic (exact) mass is 281 g/mol. The summed E-state index contributed by atoms with van der Waals surface area (Å²) in [6, 6.07) is 5.53. The van der Waals surface area contributed by atoms with Crippen LogP contribution >= 0.6 is 11.6 Å². The molecular weight excluding hydrogens is 266 g/mol. The van der Waals surface area contributed by atoms with Crippen LogP contribution in [0.4, 0.5) is 0 Å². The lowest BCUT2D eigenvalue weighted by atomic mass is 10.1. The molecule has 1 aliphatic heterocycles. The van der Waals surface area contributed by atoms with E-state index in [0.29, 0.717) is 10.8 Å². The average Bonchev–Trinajstić information content (AvgIpc) is 2.38. The number of rotatable bonds is 3. The molecule has 0 spiro atoms. The summed E-state index contributed by atoms with van der Waals surface area (Å²) in [7, 11) is -0.956. The molecule has 0 saturated carbocycles. The second-order valence-corrected chi connectivity index (χ2v) is 6.40. The Labute approximate surface area is 115 Å². The molecule has 1 heterocycles. The molecule has 18 heavy (non-hydrogen) atoms. The van der Waals surface area contributed by atoms with Crippen LogP contribution in [0, 0.1) is 0 Å². The van der Waals surface area contributed by atoms with Crippen molar-refractivity contribution in [3.8, 4) is 0 Å². The fraction of sp³-hybridized carbons (Fsp3) is 0.357. The Morgan fingerprint density at radius 3 is 2.89 bits per heavy atom. The molecule has 1 aromatic carbocycles. The molecule has 96 valence electrons. The molecule has 0 bridgehead atoms. The lowest BCUT2D eigenvalue weighted by Gasteiger charge is -2.12. The third-order valence-electron chi connectivity index (χ3n) is 2.89. The fourth-order valence-electron chi connectivity index (χ4n) is 1.90. The molecule has 4 heteroatoms. The molecule has 2 rings (SSSR count). The standard InChI is InChI=1S/C14H16ClNOS/c1-3-18(17)11-7-8-13(15)12(9-11)14-6-4-5-10(2)16-14/h6-9H,3-5H2,1-2H3. The van der Waals surface area contributed by atoms with Crippen LogP contribution in [0.5, 0.6) is 0 Å². The van der Waals surface area contributed by atoms with Crippen molar-refractivity contribution >= 4 is 33.8 Å². The predicted octanol–water partition coefficient (Wildman–Crippen LogP) is 4.06. The van der Waals surface area contributed by atoms with Gasteiger partial charge < -0.3 is 0 Å². The van der Waals surface area contributed by atoms with Gasteiger partial charge in [0.15, 0.2) is 0 Å². The van der Waals surface area contributed by atoms with Gasteiger partial charge in [-0.05, 0) is 38.0 Å². The zero-order chi connectivity index (χ0) is 13.1. The summed E-state index contributed by atoms with van der Waals surface area (Å²) in [5, 5.41) is 0.663. The first-order chi connectivity index (χ1) is 8.61. The smallest absolute Gasteiger partial charge is 0.0676 e. The van der Waals surface area contributed by atoms with Crippen LogP contribution in [0.25, 0.3) is 5.70 Å². The van der Waals surface area contributed by atoms with E-state index in [2.05, 4.69) is 11.1 Å². The summed E-state index contributed by atoms with van der Waals surface area (Å²) in [5.74, 6) is 0.614. The molecule has 1 atom stereocenters. The second-order valence-electron chi connectivity index (χ2n) is 4.25. The van der Waals surface area contributed by atoms with Crippen molar-refractivity contribution in [1.29, 1.82) is 0 Å². The SMILES string of the molecule is CCS(=O)c1ccc(Cl)c(C2=CCCC(C)=N2)c1. The van der Waals surface area contributed by atoms with Gasteiger partial charge in [-0.1, -0.05) is 24.6 Å². The summed E-state index contributed by atoms with van der Waals surface area (Å²) in [6.07, 6.45) is 4.08. The number of hydrogen-bond donors (Lipinski definition) is 0. The van der Waals surface area contributed by atoms with Gasteiger partial charge in [0.1, 0.15) is 0 Å². The fourth-order valence-corrected chi connectivity index (χ4v) is 2.92. The summed E-state index contributed by atoms with van der Waals surface area (Å²) in [5.41, 5.74) is 2.90. The maximum atomic E-state index is 11.8. The van der Waals surface area contributed by atoms with Crippen LogP contribution in [-0.2, 0) is 10.8 Å². The van der Waals surface area contributed by atoms with Gasteiger partial charge in [0.25, 0.3) is 0 Å². The van der Waals surface area contributed by atoms with Crippen molar-refractivity contribution in [3.63, 3.8) is 0 Å². The molecule has 1 aliphatic rings. The van der Waals surface area contributed by atoms with Crippen LogP contribution in [0.3, 0.4) is 0 Å². The summed E-state index contributed by atoms with van der Waals surface area (Å²) in [4.78, 5) is 5.35. The Morgan fingerprint density at radius 1 is 1.44 bits per heavy atom. The third kappa shape index (κ3) is 2.90. The molecule has 1 unspecified atom stereocenters. The number of hydrogen-bond acceptors (Lipinski definition) is 2. The highest BCUT2D eigenvalue weighted by Gasteiger charge is 2.12. The normalized spacial score (nSPS) is 17.1. The average molecular weight is 282 g/mol. The molecule has 1 aromatic rings. The van der Waals surface area contributed by atoms with Gasteiger partial charge >= 0.3 is 0 Å². The van der Waals surface area contributed by atoms with E-state index in [9.17, 15) is 4.21 Å². The Hall–Kier alpha value is -0.930. The minimum atomic E-state index is -0.956. The Balaban J connectivity index is 2.44. The number of aliphatic imine (C=N–C) groups is 1. The van der Waals surface area contributed by atoms with Crippen molar-refractivity contribution in [2.75, 3.05) is 5.75 Å². The van der Waals surface area contributed by atoms with E-state index in [1.54, 1.807) is 6.07 Å². The third-order valence-corrected chi connectivity index (χ3v) is 4.53. The Bertz CT molecular complexity index is 549. The maximum absolute atomic E-state index is 11.8. The van der Waals surface area contributed by atoms with Crippen LogP contribution in [0.1, 0.15) is 32.3 Å². The maximum Gasteiger partial charge on any atom is 0.0676 e. The largest absolute Gasteiger partial charge is 0.258 e. The summed E-state index contributed by atoms with van der Waals surface area (Å²) >= 11 is 6.22. The number of benzene rings is 1. The van der Waals surface area contributed by atoms with Crippen molar-refractivity contribution in [2.45, 2.75) is 31.6 Å². The first-order valence-electron chi connectivity index (χ1n) is 6.04. The van der Waals surface area contributed by atoms with Gasteiger partial charge in [0.05, 0.1) is 21.5 Å². The van der Waals surface area contributed by atoms with Crippen LogP contribution in [-0.4, -0.2) is 15.7 Å². The highest BCUT2D eigenvalue weighted by atomic mass is 35.5. The van der Waals surface area contributed by atoms with Crippen molar-refractivity contribution < 1.29 is 4.21 Å². The number of allylic oxidation sites excluding steroid dienone is 1. The first kappa shape index (κ1) is 13.5. The molecule has 0 fully saturated rings. The molecule has 0 N–H and O–H groups in total. The predicted molar refractivity (Wildman–Crippen MR) is 78.7 cm³/mol. The van der Waals surface area contributed by atoms with Crippen molar-refractivity contribution in [3.05, 3.63) is 34.9 Å². The number of nitrogens with zero attached hydrogens (tertiary/aromatic N) is 1. The Kier molecular flexibility index (Phi) is 4.36. The van der Waals surface area contributed by atoms with Crippen molar-refractivity contribution in [1.82, 2.24) is 0 Å². The Morgan fingerprint density at radius 2 is 2.22 bits per heavy atom. The molecule has 0 amide bonds. The molecular formula is C14H16ClNOS. The van der Waals surface area contributed by atoms with Gasteiger partial charge in [-0.3, -0.25) is 9.20 Å². The molecule has 0 radical (unpaired) electrons. The molecule has 2 nitrogen and oxygen atoms in total. The summed E-state index contributed by atoms with van der Waals surface area (Å²) in [6.45, 7) is 3.93. The van der Waals surface area contributed by atoms with E-state index >= 15 is 0 Å². The first-order valence-corrected chi connectivity index (χ1v) is 7.74. The van der Waals surface area contributed by atoms with Gasteiger partial charge in [-0.25, -0.2) is 0 Å². The van der Waals surface area contributed by atoms with Gasteiger partial charge in [0, 0.05) is 21.9 Å². The van der Waals surface area contributed by atoms with Crippen LogP contribution in [0.15, 0.2) is 34.2 Å². The topological polar surface area (TPSA) is 29.4 Å². The van der Waals surface area contributed by atoms with E-state index in [0.717, 1.165) is 34.7 Å². The quantitative estimate of drug-likeness (QED) is 0.821.